The predicted molar refractivity (Wildman–Crippen MR) is 86.3 cm³/mol. The van der Waals surface area contributed by atoms with Gasteiger partial charge in [-0.15, -0.1) is 10.2 Å². The molecule has 0 aromatic carbocycles. The number of hydrogen-bond acceptors (Lipinski definition) is 8. The Morgan fingerprint density at radius 1 is 1.36 bits per heavy atom. The first-order chi connectivity index (χ1) is 12.1. The van der Waals surface area contributed by atoms with Gasteiger partial charge in [-0.2, -0.15) is 0 Å². The third-order valence-electron chi connectivity index (χ3n) is 3.78. The molecule has 4 heterocycles. The van der Waals surface area contributed by atoms with Crippen LogP contribution < -0.4 is 4.90 Å². The number of nitrogens with zero attached hydrogens (tertiary/aromatic N) is 3. The van der Waals surface area contributed by atoms with E-state index in [0.717, 1.165) is 11.3 Å². The maximum absolute atomic E-state index is 12.9. The maximum Gasteiger partial charge on any atom is 0.296 e. The number of aryl methyl sites for hydroxylation is 1. The van der Waals surface area contributed by atoms with E-state index < -0.39 is 23.5 Å². The minimum Gasteiger partial charge on any atom is -0.503 e. The number of aliphatic hydroxyl groups excluding tert-OH is 1. The van der Waals surface area contributed by atoms with Crippen LogP contribution in [-0.4, -0.2) is 27.0 Å². The molecule has 25 heavy (non-hydrogen) atoms. The summed E-state index contributed by atoms with van der Waals surface area (Å²) >= 11 is 1.11. The summed E-state index contributed by atoms with van der Waals surface area (Å²) in [6.07, 6.45) is 1.42. The first-order valence-electron chi connectivity index (χ1n) is 7.25. The lowest BCUT2D eigenvalue weighted by Crippen LogP contribution is -2.30. The number of rotatable bonds is 4. The van der Waals surface area contributed by atoms with E-state index in [0.29, 0.717) is 11.5 Å². The first kappa shape index (κ1) is 15.3. The van der Waals surface area contributed by atoms with Gasteiger partial charge in [0.25, 0.3) is 5.91 Å². The molecule has 0 fully saturated rings. The zero-order valence-corrected chi connectivity index (χ0v) is 13.7. The van der Waals surface area contributed by atoms with Crippen LogP contribution in [0.1, 0.15) is 28.1 Å². The van der Waals surface area contributed by atoms with Gasteiger partial charge in [0.15, 0.2) is 11.5 Å². The molecule has 8 nitrogen and oxygen atoms in total. The van der Waals surface area contributed by atoms with Gasteiger partial charge in [-0.25, -0.2) is 0 Å². The van der Waals surface area contributed by atoms with Crippen molar-refractivity contribution in [1.82, 2.24) is 10.2 Å². The Labute approximate surface area is 145 Å². The zero-order chi connectivity index (χ0) is 17.6. The summed E-state index contributed by atoms with van der Waals surface area (Å²) in [7, 11) is 0. The van der Waals surface area contributed by atoms with Crippen LogP contribution in [0.2, 0.25) is 0 Å². The van der Waals surface area contributed by atoms with Crippen molar-refractivity contribution < 1.29 is 23.5 Å². The Balaban J connectivity index is 1.85. The standard InChI is InChI=1S/C16H11N3O5S/c1-8-4-5-10(24-8)13(20)11-12(9-3-2-6-23-9)19(15(22)14(11)21)16-18-17-7-25-16/h2-7,12,21H,1H3. The van der Waals surface area contributed by atoms with Crippen LogP contribution in [0.15, 0.2) is 56.2 Å². The quantitative estimate of drug-likeness (QED) is 0.715. The van der Waals surface area contributed by atoms with Gasteiger partial charge < -0.3 is 13.9 Å². The van der Waals surface area contributed by atoms with E-state index in [1.165, 1.54) is 22.7 Å². The van der Waals surface area contributed by atoms with Crippen LogP contribution in [0.5, 0.6) is 0 Å². The number of ketones is 1. The van der Waals surface area contributed by atoms with E-state index in [-0.39, 0.29) is 16.5 Å². The number of amides is 1. The molecule has 0 saturated carbocycles. The third-order valence-corrected chi connectivity index (χ3v) is 4.47. The molecule has 1 atom stereocenters. The maximum atomic E-state index is 12.9. The second kappa shape index (κ2) is 5.71. The predicted octanol–water partition coefficient (Wildman–Crippen LogP) is 2.82. The van der Waals surface area contributed by atoms with E-state index >= 15 is 0 Å². The van der Waals surface area contributed by atoms with Gasteiger partial charge >= 0.3 is 0 Å². The summed E-state index contributed by atoms with van der Waals surface area (Å²) in [4.78, 5) is 26.7. The Hall–Kier alpha value is -3.20. The van der Waals surface area contributed by atoms with Crippen molar-refractivity contribution in [3.8, 4) is 0 Å². The van der Waals surface area contributed by atoms with Crippen molar-refractivity contribution in [3.05, 3.63) is 64.7 Å². The van der Waals surface area contributed by atoms with E-state index in [2.05, 4.69) is 10.2 Å². The molecular weight excluding hydrogens is 346 g/mol. The van der Waals surface area contributed by atoms with Gasteiger partial charge in [-0.05, 0) is 31.2 Å². The molecule has 126 valence electrons. The summed E-state index contributed by atoms with van der Waals surface area (Å²) in [5.41, 5.74) is 1.33. The fourth-order valence-corrected chi connectivity index (χ4v) is 3.30. The number of Topliss-reactive ketones (excluding diaryl/α,β-unsaturated/α-hetero) is 1. The Morgan fingerprint density at radius 2 is 2.20 bits per heavy atom. The van der Waals surface area contributed by atoms with Gasteiger partial charge in [0, 0.05) is 0 Å². The fourth-order valence-electron chi connectivity index (χ4n) is 2.71. The van der Waals surface area contributed by atoms with Crippen LogP contribution in [0.3, 0.4) is 0 Å². The van der Waals surface area contributed by atoms with Gasteiger partial charge in [0.1, 0.15) is 23.1 Å². The summed E-state index contributed by atoms with van der Waals surface area (Å²) in [6, 6.07) is 5.42. The molecule has 1 N–H and O–H groups in total. The molecular formula is C16H11N3O5S. The van der Waals surface area contributed by atoms with Gasteiger partial charge in [-0.3, -0.25) is 14.5 Å². The van der Waals surface area contributed by atoms with Gasteiger partial charge in [0.05, 0.1) is 11.8 Å². The summed E-state index contributed by atoms with van der Waals surface area (Å²) in [5, 5.41) is 18.2. The highest BCUT2D eigenvalue weighted by Gasteiger charge is 2.47. The van der Waals surface area contributed by atoms with Crippen LogP contribution >= 0.6 is 11.3 Å². The molecule has 0 bridgehead atoms. The van der Waals surface area contributed by atoms with Crippen molar-refractivity contribution >= 4 is 28.2 Å². The van der Waals surface area contributed by atoms with Crippen LogP contribution in [0.25, 0.3) is 0 Å². The summed E-state index contributed by atoms with van der Waals surface area (Å²) < 4.78 is 10.8. The minimum atomic E-state index is -0.951. The lowest BCUT2D eigenvalue weighted by atomic mass is 10.00. The lowest BCUT2D eigenvalue weighted by molar-refractivity contribution is -0.117. The second-order valence-corrected chi connectivity index (χ2v) is 6.13. The molecule has 3 aromatic heterocycles. The molecule has 0 saturated heterocycles. The van der Waals surface area contributed by atoms with Crippen molar-refractivity contribution in [2.75, 3.05) is 4.90 Å². The lowest BCUT2D eigenvalue weighted by Gasteiger charge is -2.21. The van der Waals surface area contributed by atoms with Crippen LogP contribution in [0.4, 0.5) is 5.13 Å². The van der Waals surface area contributed by atoms with Crippen LogP contribution in [0, 0.1) is 6.92 Å². The highest BCUT2D eigenvalue weighted by molar-refractivity contribution is 7.13. The molecule has 1 unspecified atom stereocenters. The van der Waals surface area contributed by atoms with Crippen molar-refractivity contribution in [3.63, 3.8) is 0 Å². The molecule has 1 amide bonds. The number of furan rings is 2. The number of anilines is 1. The molecule has 1 aliphatic heterocycles. The van der Waals surface area contributed by atoms with E-state index in [1.807, 2.05) is 0 Å². The Kier molecular flexibility index (Phi) is 3.50. The van der Waals surface area contributed by atoms with E-state index in [4.69, 9.17) is 8.83 Å². The highest BCUT2D eigenvalue weighted by Crippen LogP contribution is 2.42. The van der Waals surface area contributed by atoms with E-state index in [1.54, 1.807) is 25.1 Å². The first-order valence-corrected chi connectivity index (χ1v) is 8.13. The third kappa shape index (κ3) is 2.36. The second-order valence-electron chi connectivity index (χ2n) is 5.32. The summed E-state index contributed by atoms with van der Waals surface area (Å²) in [6.45, 7) is 1.70. The Morgan fingerprint density at radius 3 is 2.80 bits per heavy atom. The molecule has 4 rings (SSSR count). The van der Waals surface area contributed by atoms with Gasteiger partial charge in [0.2, 0.25) is 10.9 Å². The monoisotopic (exact) mass is 357 g/mol. The fraction of sp³-hybridized carbons (Fsp3) is 0.125. The SMILES string of the molecule is Cc1ccc(C(=O)C2=C(O)C(=O)N(c3nncs3)C2c2ccco2)o1. The molecule has 0 radical (unpaired) electrons. The number of aliphatic hydroxyl groups is 1. The number of aromatic nitrogens is 2. The average molecular weight is 357 g/mol. The van der Waals surface area contributed by atoms with Crippen LogP contribution in [-0.2, 0) is 4.79 Å². The van der Waals surface area contributed by atoms with Gasteiger partial charge in [-0.1, -0.05) is 11.3 Å². The molecule has 0 aliphatic carbocycles. The largest absolute Gasteiger partial charge is 0.503 e. The summed E-state index contributed by atoms with van der Waals surface area (Å²) in [5.74, 6) is -1.10. The average Bonchev–Trinajstić information content (AvgIpc) is 3.36. The Bertz CT molecular complexity index is 972. The topological polar surface area (TPSA) is 110 Å². The molecule has 9 heteroatoms. The smallest absolute Gasteiger partial charge is 0.296 e. The van der Waals surface area contributed by atoms with Crippen molar-refractivity contribution in [2.24, 2.45) is 0 Å². The number of carbonyl (C=O) groups is 2. The molecule has 3 aromatic rings. The van der Waals surface area contributed by atoms with Crippen molar-refractivity contribution in [1.29, 1.82) is 0 Å². The molecule has 1 aliphatic rings. The number of hydrogen-bond donors (Lipinski definition) is 1. The number of carbonyl (C=O) groups excluding carboxylic acids is 2. The highest BCUT2D eigenvalue weighted by atomic mass is 32.1. The van der Waals surface area contributed by atoms with E-state index in [9.17, 15) is 14.7 Å². The zero-order valence-electron chi connectivity index (χ0n) is 12.9. The molecule has 0 spiro atoms. The van der Waals surface area contributed by atoms with Crippen molar-refractivity contribution in [2.45, 2.75) is 13.0 Å². The normalized spacial score (nSPS) is 17.6. The minimum absolute atomic E-state index is 0.0301.